The fraction of sp³-hybridized carbons (Fsp3) is 0.538. The molecule has 1 amide bonds. The maximum absolute atomic E-state index is 13.1. The number of carbonyl (C=O) groups excluding carboxylic acids is 2. The Kier molecular flexibility index (Phi) is 9.99. The van der Waals surface area contributed by atoms with Gasteiger partial charge in [0.05, 0.1) is 6.54 Å². The molecule has 170 valence electrons. The molecule has 0 aromatic heterocycles. The fourth-order valence-corrected chi connectivity index (χ4v) is 3.91. The van der Waals surface area contributed by atoms with Gasteiger partial charge < -0.3 is 15.5 Å². The average Bonchev–Trinajstić information content (AvgIpc) is 2.77. The molecule has 0 aliphatic heterocycles. The zero-order chi connectivity index (χ0) is 22.8. The van der Waals surface area contributed by atoms with Crippen molar-refractivity contribution in [3.63, 3.8) is 0 Å². The highest BCUT2D eigenvalue weighted by Crippen LogP contribution is 2.23. The van der Waals surface area contributed by atoms with Gasteiger partial charge >= 0.3 is 0 Å². The third-order valence-corrected chi connectivity index (χ3v) is 6.05. The van der Waals surface area contributed by atoms with Gasteiger partial charge in [0.25, 0.3) is 0 Å². The van der Waals surface area contributed by atoms with Crippen LogP contribution in [0.2, 0.25) is 0 Å². The second kappa shape index (κ2) is 12.5. The highest BCUT2D eigenvalue weighted by Gasteiger charge is 2.19. The van der Waals surface area contributed by atoms with Crippen LogP contribution in [0.5, 0.6) is 0 Å². The van der Waals surface area contributed by atoms with Crippen molar-refractivity contribution in [3.8, 4) is 0 Å². The van der Waals surface area contributed by atoms with E-state index >= 15 is 0 Å². The topological polar surface area (TPSA) is 66.6 Å². The quantitative estimate of drug-likeness (QED) is 0.465. The summed E-state index contributed by atoms with van der Waals surface area (Å²) in [5.41, 5.74) is 7.43. The Morgan fingerprint density at radius 3 is 2.39 bits per heavy atom. The number of amides is 1. The van der Waals surface area contributed by atoms with E-state index in [1.807, 2.05) is 47.2 Å². The van der Waals surface area contributed by atoms with Gasteiger partial charge in [0.1, 0.15) is 0 Å². The maximum Gasteiger partial charge on any atom is 0.242 e. The van der Waals surface area contributed by atoms with Gasteiger partial charge in [-0.15, -0.1) is 0 Å². The molecule has 0 saturated carbocycles. The number of likely N-dealkylation sites (N-methyl/N-ethyl adjacent to an activating group) is 1. The number of hydrogen-bond donors (Lipinski definition) is 1. The third-order valence-electron chi connectivity index (χ3n) is 6.05. The summed E-state index contributed by atoms with van der Waals surface area (Å²) in [6.45, 7) is 8.47. The first-order valence-corrected chi connectivity index (χ1v) is 11.6. The molecule has 2 aromatic rings. The molecular formula is C26H39N3O2. The molecular weight excluding hydrogens is 386 g/mol. The Morgan fingerprint density at radius 1 is 1.03 bits per heavy atom. The van der Waals surface area contributed by atoms with Crippen molar-refractivity contribution in [2.24, 2.45) is 11.7 Å². The highest BCUT2D eigenvalue weighted by molar-refractivity contribution is 5.99. The van der Waals surface area contributed by atoms with Gasteiger partial charge in [-0.2, -0.15) is 0 Å². The molecule has 5 nitrogen and oxygen atoms in total. The molecule has 0 radical (unpaired) electrons. The summed E-state index contributed by atoms with van der Waals surface area (Å²) in [6, 6.07) is 11.9. The Hall–Kier alpha value is -2.40. The van der Waals surface area contributed by atoms with Crippen LogP contribution in [0.15, 0.2) is 36.4 Å². The maximum atomic E-state index is 13.1. The summed E-state index contributed by atoms with van der Waals surface area (Å²) in [5, 5.41) is 2.09. The van der Waals surface area contributed by atoms with Crippen LogP contribution in [0, 0.1) is 5.92 Å². The lowest BCUT2D eigenvalue weighted by Gasteiger charge is -2.30. The van der Waals surface area contributed by atoms with Crippen LogP contribution in [0.25, 0.3) is 10.8 Å². The van der Waals surface area contributed by atoms with Crippen LogP contribution >= 0.6 is 0 Å². The first-order chi connectivity index (χ1) is 14.9. The predicted octanol–water partition coefficient (Wildman–Crippen LogP) is 4.87. The molecule has 0 saturated heterocycles. The minimum Gasteiger partial charge on any atom is -0.365 e. The number of Topliss-reactive ketones (excluding diaryl/α,β-unsaturated/α-hetero) is 1. The molecule has 0 aliphatic carbocycles. The van der Waals surface area contributed by atoms with E-state index in [0.717, 1.165) is 42.4 Å². The SMILES string of the molecule is CCCCC(CC)CN(CCCN)C(=O)CN(C)c1ccc2cc(C(C)=O)ccc2c1. The van der Waals surface area contributed by atoms with Crippen molar-refractivity contribution in [2.75, 3.05) is 38.1 Å². The molecule has 0 spiro atoms. The Bertz CT molecular complexity index is 865. The Balaban J connectivity index is 2.10. The van der Waals surface area contributed by atoms with Gasteiger partial charge in [-0.05, 0) is 61.2 Å². The normalized spacial score (nSPS) is 12.0. The minimum absolute atomic E-state index is 0.0654. The van der Waals surface area contributed by atoms with E-state index < -0.39 is 0 Å². The van der Waals surface area contributed by atoms with E-state index in [4.69, 9.17) is 5.73 Å². The summed E-state index contributed by atoms with van der Waals surface area (Å²) < 4.78 is 0. The Labute approximate surface area is 187 Å². The number of hydrogen-bond acceptors (Lipinski definition) is 4. The van der Waals surface area contributed by atoms with Crippen LogP contribution in [-0.2, 0) is 4.79 Å². The molecule has 1 atom stereocenters. The molecule has 1 unspecified atom stereocenters. The smallest absolute Gasteiger partial charge is 0.242 e. The second-order valence-electron chi connectivity index (χ2n) is 8.56. The zero-order valence-corrected chi connectivity index (χ0v) is 19.7. The molecule has 0 aliphatic rings. The fourth-order valence-electron chi connectivity index (χ4n) is 3.91. The summed E-state index contributed by atoms with van der Waals surface area (Å²) in [7, 11) is 1.96. The lowest BCUT2D eigenvalue weighted by atomic mass is 9.98. The number of nitrogens with two attached hydrogens (primary N) is 1. The van der Waals surface area contributed by atoms with E-state index in [-0.39, 0.29) is 11.7 Å². The second-order valence-corrected chi connectivity index (χ2v) is 8.56. The zero-order valence-electron chi connectivity index (χ0n) is 19.7. The first-order valence-electron chi connectivity index (χ1n) is 11.6. The van der Waals surface area contributed by atoms with Gasteiger partial charge in [-0.3, -0.25) is 9.59 Å². The van der Waals surface area contributed by atoms with Crippen LogP contribution in [0.1, 0.15) is 63.2 Å². The van der Waals surface area contributed by atoms with Crippen LogP contribution in [0.3, 0.4) is 0 Å². The molecule has 0 heterocycles. The average molecular weight is 426 g/mol. The van der Waals surface area contributed by atoms with E-state index in [9.17, 15) is 9.59 Å². The third kappa shape index (κ3) is 7.35. The van der Waals surface area contributed by atoms with Crippen molar-refractivity contribution in [2.45, 2.75) is 52.9 Å². The van der Waals surface area contributed by atoms with Gasteiger partial charge in [-0.25, -0.2) is 0 Å². The minimum atomic E-state index is 0.0654. The first kappa shape index (κ1) is 24.9. The Morgan fingerprint density at radius 2 is 1.74 bits per heavy atom. The van der Waals surface area contributed by atoms with E-state index in [2.05, 4.69) is 19.9 Å². The van der Waals surface area contributed by atoms with Gasteiger partial charge in [0, 0.05) is 31.4 Å². The molecule has 2 aromatic carbocycles. The van der Waals surface area contributed by atoms with Gasteiger partial charge in [0.15, 0.2) is 5.78 Å². The van der Waals surface area contributed by atoms with Crippen LogP contribution in [0.4, 0.5) is 5.69 Å². The van der Waals surface area contributed by atoms with Gasteiger partial charge in [0.2, 0.25) is 5.91 Å². The van der Waals surface area contributed by atoms with Gasteiger partial charge in [-0.1, -0.05) is 51.3 Å². The molecule has 31 heavy (non-hydrogen) atoms. The number of fused-ring (bicyclic) bond motifs is 1. The largest absolute Gasteiger partial charge is 0.365 e. The van der Waals surface area contributed by atoms with Crippen LogP contribution < -0.4 is 10.6 Å². The van der Waals surface area contributed by atoms with Crippen LogP contribution in [-0.4, -0.2) is 49.8 Å². The number of benzene rings is 2. The molecule has 5 heteroatoms. The molecule has 0 fully saturated rings. The highest BCUT2D eigenvalue weighted by atomic mass is 16.2. The van der Waals surface area contributed by atoms with E-state index in [1.54, 1.807) is 6.92 Å². The molecule has 2 rings (SSSR count). The number of unbranched alkanes of at least 4 members (excludes halogenated alkanes) is 1. The molecule has 0 bridgehead atoms. The van der Waals surface area contributed by atoms with E-state index in [0.29, 0.717) is 24.6 Å². The summed E-state index contributed by atoms with van der Waals surface area (Å²) >= 11 is 0. The van der Waals surface area contributed by atoms with Crippen molar-refractivity contribution >= 4 is 28.2 Å². The lowest BCUT2D eigenvalue weighted by molar-refractivity contribution is -0.130. The number of rotatable bonds is 13. The predicted molar refractivity (Wildman–Crippen MR) is 131 cm³/mol. The summed E-state index contributed by atoms with van der Waals surface area (Å²) in [4.78, 5) is 28.8. The molecule has 2 N–H and O–H groups in total. The van der Waals surface area contributed by atoms with Crippen molar-refractivity contribution in [1.82, 2.24) is 4.90 Å². The monoisotopic (exact) mass is 425 g/mol. The van der Waals surface area contributed by atoms with Crippen molar-refractivity contribution in [1.29, 1.82) is 0 Å². The summed E-state index contributed by atoms with van der Waals surface area (Å²) in [6.07, 6.45) is 5.48. The summed E-state index contributed by atoms with van der Waals surface area (Å²) in [5.74, 6) is 0.761. The standard InChI is InChI=1S/C26H39N3O2/c1-5-7-9-21(6-2)18-29(15-8-14-27)26(31)19-28(4)25-13-12-23-16-22(20(3)30)10-11-24(23)17-25/h10-13,16-17,21H,5-9,14-15,18-19,27H2,1-4H3. The number of carbonyl (C=O) groups is 2. The number of nitrogens with zero attached hydrogens (tertiary/aromatic N) is 2. The van der Waals surface area contributed by atoms with Crippen molar-refractivity contribution < 1.29 is 9.59 Å². The van der Waals surface area contributed by atoms with Crippen molar-refractivity contribution in [3.05, 3.63) is 42.0 Å². The number of ketones is 1. The number of anilines is 1. The lowest BCUT2D eigenvalue weighted by Crippen LogP contribution is -2.42. The van der Waals surface area contributed by atoms with E-state index in [1.165, 1.54) is 19.3 Å².